The Morgan fingerprint density at radius 1 is 0.969 bits per heavy atom. The quantitative estimate of drug-likeness (QED) is 0.514. The largest absolute Gasteiger partial charge is 0.507 e. The van der Waals surface area contributed by atoms with Crippen LogP contribution in [0.4, 0.5) is 0 Å². The molecule has 0 aliphatic heterocycles. The average molecular weight is 458 g/mol. The summed E-state index contributed by atoms with van der Waals surface area (Å²) in [7, 11) is 6.29. The third kappa shape index (κ3) is 4.88. The van der Waals surface area contributed by atoms with Gasteiger partial charge in [0.15, 0.2) is 11.5 Å². The van der Waals surface area contributed by atoms with Gasteiger partial charge in [0.2, 0.25) is 10.6 Å². The Balaban J connectivity index is 2.19. The second kappa shape index (κ2) is 10.2. The van der Waals surface area contributed by atoms with Crippen molar-refractivity contribution in [2.45, 2.75) is 19.9 Å². The SMILES string of the molecule is COc1ccc(O)c(C=Nn2c(-c3cc(OC)c(OC)c(OC)c3)csc2=NC(C)C)c1. The number of rotatable bonds is 8. The molecule has 1 aromatic heterocycles. The zero-order valence-electron chi connectivity index (χ0n) is 18.9. The van der Waals surface area contributed by atoms with Crippen LogP contribution in [0.3, 0.4) is 0 Å². The molecule has 3 aromatic rings. The van der Waals surface area contributed by atoms with Crippen molar-refractivity contribution in [2.24, 2.45) is 10.1 Å². The second-order valence-corrected chi connectivity index (χ2v) is 7.86. The topological polar surface area (TPSA) is 86.8 Å². The Kier molecular flexibility index (Phi) is 7.42. The molecule has 2 aromatic carbocycles. The van der Waals surface area contributed by atoms with Crippen molar-refractivity contribution in [1.82, 2.24) is 4.68 Å². The molecule has 0 aliphatic carbocycles. The maximum Gasteiger partial charge on any atom is 0.206 e. The fourth-order valence-electron chi connectivity index (χ4n) is 3.03. The number of benzene rings is 2. The van der Waals surface area contributed by atoms with E-state index in [0.717, 1.165) is 11.3 Å². The van der Waals surface area contributed by atoms with Crippen LogP contribution in [0.1, 0.15) is 19.4 Å². The normalized spacial score (nSPS) is 11.9. The smallest absolute Gasteiger partial charge is 0.206 e. The number of phenolic OH excluding ortho intramolecular Hbond substituents is 1. The maximum absolute atomic E-state index is 10.2. The molecule has 0 radical (unpaired) electrons. The maximum atomic E-state index is 10.2. The molecule has 32 heavy (non-hydrogen) atoms. The van der Waals surface area contributed by atoms with Gasteiger partial charge in [-0.1, -0.05) is 0 Å². The lowest BCUT2D eigenvalue weighted by molar-refractivity contribution is 0.324. The molecule has 170 valence electrons. The van der Waals surface area contributed by atoms with Crippen LogP contribution in [0.15, 0.2) is 45.8 Å². The summed E-state index contributed by atoms with van der Waals surface area (Å²) in [4.78, 5) is 5.40. The van der Waals surface area contributed by atoms with Crippen LogP contribution in [-0.4, -0.2) is 50.5 Å². The van der Waals surface area contributed by atoms with Gasteiger partial charge >= 0.3 is 0 Å². The number of aromatic nitrogens is 1. The minimum Gasteiger partial charge on any atom is -0.507 e. The van der Waals surface area contributed by atoms with Crippen molar-refractivity contribution >= 4 is 17.6 Å². The van der Waals surface area contributed by atoms with Gasteiger partial charge in [0, 0.05) is 22.5 Å². The fraction of sp³-hybridized carbons (Fsp3) is 0.304. The predicted molar refractivity (Wildman–Crippen MR) is 126 cm³/mol. The molecule has 0 bridgehead atoms. The number of thiazole rings is 1. The first-order chi connectivity index (χ1) is 15.4. The molecule has 9 heteroatoms. The zero-order chi connectivity index (χ0) is 23.3. The lowest BCUT2D eigenvalue weighted by Gasteiger charge is -2.14. The second-order valence-electron chi connectivity index (χ2n) is 7.02. The van der Waals surface area contributed by atoms with Gasteiger partial charge in [0.25, 0.3) is 0 Å². The van der Waals surface area contributed by atoms with E-state index in [9.17, 15) is 5.11 Å². The summed E-state index contributed by atoms with van der Waals surface area (Å²) in [5, 5.41) is 16.8. The van der Waals surface area contributed by atoms with Crippen molar-refractivity contribution in [3.8, 4) is 40.0 Å². The third-order valence-corrected chi connectivity index (χ3v) is 5.39. The summed E-state index contributed by atoms with van der Waals surface area (Å²) in [6.07, 6.45) is 1.57. The molecular weight excluding hydrogens is 430 g/mol. The minimum atomic E-state index is 0.0770. The molecule has 0 atom stereocenters. The summed E-state index contributed by atoms with van der Waals surface area (Å²) < 4.78 is 23.4. The number of methoxy groups -OCH3 is 4. The van der Waals surface area contributed by atoms with Crippen LogP contribution in [0.5, 0.6) is 28.7 Å². The highest BCUT2D eigenvalue weighted by Gasteiger charge is 2.17. The van der Waals surface area contributed by atoms with Crippen LogP contribution < -0.4 is 23.7 Å². The van der Waals surface area contributed by atoms with Crippen LogP contribution >= 0.6 is 11.3 Å². The van der Waals surface area contributed by atoms with Crippen LogP contribution in [0, 0.1) is 0 Å². The Hall–Kier alpha value is -3.46. The van der Waals surface area contributed by atoms with Crippen LogP contribution in [0.2, 0.25) is 0 Å². The zero-order valence-corrected chi connectivity index (χ0v) is 19.8. The number of hydrogen-bond donors (Lipinski definition) is 1. The summed E-state index contributed by atoms with van der Waals surface area (Å²) in [5.74, 6) is 2.31. The molecule has 0 unspecified atom stereocenters. The molecule has 0 saturated heterocycles. The number of phenols is 1. The average Bonchev–Trinajstić information content (AvgIpc) is 3.18. The van der Waals surface area contributed by atoms with E-state index in [-0.39, 0.29) is 11.8 Å². The lowest BCUT2D eigenvalue weighted by Crippen LogP contribution is -2.14. The summed E-state index contributed by atoms with van der Waals surface area (Å²) >= 11 is 1.47. The van der Waals surface area contributed by atoms with Gasteiger partial charge in [-0.15, -0.1) is 11.3 Å². The Bertz CT molecular complexity index is 1160. The van der Waals surface area contributed by atoms with Gasteiger partial charge in [-0.25, -0.2) is 4.68 Å². The third-order valence-electron chi connectivity index (χ3n) is 4.56. The number of hydrogen-bond acceptors (Lipinski definition) is 8. The molecule has 0 amide bonds. The van der Waals surface area contributed by atoms with E-state index in [0.29, 0.717) is 33.4 Å². The molecule has 8 nitrogen and oxygen atoms in total. The standard InChI is InChI=1S/C23H27N3O5S/c1-14(2)25-23-26(24-12-16-9-17(28-3)7-8-19(16)27)18(13-32-23)15-10-20(29-4)22(31-6)21(11-15)30-5/h7-14,27H,1-6H3. The van der Waals surface area contributed by atoms with Crippen molar-refractivity contribution in [3.05, 3.63) is 46.1 Å². The summed E-state index contributed by atoms with van der Waals surface area (Å²) in [6, 6.07) is 8.76. The highest BCUT2D eigenvalue weighted by Crippen LogP contribution is 2.41. The Labute approximate surface area is 191 Å². The molecular formula is C23H27N3O5S. The van der Waals surface area contributed by atoms with Crippen molar-refractivity contribution in [2.75, 3.05) is 28.4 Å². The summed E-state index contributed by atoms with van der Waals surface area (Å²) in [6.45, 7) is 4.00. The van der Waals surface area contributed by atoms with E-state index >= 15 is 0 Å². The van der Waals surface area contributed by atoms with Gasteiger partial charge in [-0.05, 0) is 44.2 Å². The first-order valence-electron chi connectivity index (χ1n) is 9.87. The Morgan fingerprint density at radius 2 is 1.66 bits per heavy atom. The molecule has 1 N–H and O–H groups in total. The predicted octanol–water partition coefficient (Wildman–Crippen LogP) is 4.15. The first-order valence-corrected chi connectivity index (χ1v) is 10.8. The molecule has 3 rings (SSSR count). The van der Waals surface area contributed by atoms with E-state index < -0.39 is 0 Å². The molecule has 0 aliphatic rings. The highest BCUT2D eigenvalue weighted by molar-refractivity contribution is 7.07. The van der Waals surface area contributed by atoms with Gasteiger partial charge < -0.3 is 24.1 Å². The van der Waals surface area contributed by atoms with E-state index in [1.165, 1.54) is 11.3 Å². The number of nitrogens with zero attached hydrogens (tertiary/aromatic N) is 3. The number of aromatic hydroxyl groups is 1. The van der Waals surface area contributed by atoms with E-state index in [1.54, 1.807) is 57.5 Å². The monoisotopic (exact) mass is 457 g/mol. The van der Waals surface area contributed by atoms with Crippen molar-refractivity contribution in [1.29, 1.82) is 0 Å². The van der Waals surface area contributed by atoms with Gasteiger partial charge in [0.05, 0.1) is 40.3 Å². The molecule has 0 saturated carbocycles. The van der Waals surface area contributed by atoms with E-state index in [2.05, 4.69) is 10.1 Å². The van der Waals surface area contributed by atoms with Gasteiger partial charge in [-0.3, -0.25) is 4.99 Å². The molecule has 1 heterocycles. The number of ether oxygens (including phenoxy) is 4. The molecule has 0 fully saturated rings. The first kappa shape index (κ1) is 23.2. The van der Waals surface area contributed by atoms with E-state index in [1.807, 2.05) is 31.4 Å². The van der Waals surface area contributed by atoms with Crippen LogP contribution in [0.25, 0.3) is 11.3 Å². The van der Waals surface area contributed by atoms with Crippen molar-refractivity contribution in [3.63, 3.8) is 0 Å². The molecule has 0 spiro atoms. The van der Waals surface area contributed by atoms with Crippen LogP contribution in [-0.2, 0) is 0 Å². The highest BCUT2D eigenvalue weighted by atomic mass is 32.1. The van der Waals surface area contributed by atoms with Gasteiger partial charge in [0.1, 0.15) is 11.5 Å². The summed E-state index contributed by atoms with van der Waals surface area (Å²) in [5.41, 5.74) is 2.12. The lowest BCUT2D eigenvalue weighted by atomic mass is 10.1. The Morgan fingerprint density at radius 3 is 2.22 bits per heavy atom. The van der Waals surface area contributed by atoms with E-state index in [4.69, 9.17) is 18.9 Å². The van der Waals surface area contributed by atoms with Gasteiger partial charge in [-0.2, -0.15) is 5.10 Å². The van der Waals surface area contributed by atoms with Crippen molar-refractivity contribution < 1.29 is 24.1 Å². The minimum absolute atomic E-state index is 0.0770. The fourth-order valence-corrected chi connectivity index (χ4v) is 4.00.